The number of rotatable bonds is 6. The summed E-state index contributed by atoms with van der Waals surface area (Å²) >= 11 is 0.687. The third kappa shape index (κ3) is 5.07. The van der Waals surface area contributed by atoms with Crippen molar-refractivity contribution in [3.63, 3.8) is 0 Å². The third-order valence-corrected chi connectivity index (χ3v) is 5.68. The summed E-state index contributed by atoms with van der Waals surface area (Å²) in [7, 11) is 1.30. The van der Waals surface area contributed by atoms with Crippen molar-refractivity contribution in [2.24, 2.45) is 0 Å². The molecule has 1 fully saturated rings. The summed E-state index contributed by atoms with van der Waals surface area (Å²) in [6, 6.07) is 15.2. The second-order valence-electron chi connectivity index (χ2n) is 7.10. The molecular formula is C24H17FN2O6S. The second-order valence-corrected chi connectivity index (χ2v) is 8.09. The van der Waals surface area contributed by atoms with Crippen LogP contribution in [0, 0.1) is 5.82 Å². The Kier molecular flexibility index (Phi) is 6.60. The average molecular weight is 480 g/mol. The van der Waals surface area contributed by atoms with Gasteiger partial charge >= 0.3 is 5.97 Å². The van der Waals surface area contributed by atoms with Crippen molar-refractivity contribution in [1.29, 1.82) is 0 Å². The normalized spacial score (nSPS) is 14.5. The summed E-state index contributed by atoms with van der Waals surface area (Å²) in [4.78, 5) is 49.6. The molecule has 0 radical (unpaired) electrons. The molecule has 0 aliphatic carbocycles. The number of nitrogens with zero attached hydrogens (tertiary/aromatic N) is 1. The smallest absolute Gasteiger partial charge is 0.337 e. The van der Waals surface area contributed by atoms with Crippen LogP contribution in [0.3, 0.4) is 0 Å². The maximum atomic E-state index is 13.3. The van der Waals surface area contributed by atoms with Crippen molar-refractivity contribution in [3.05, 3.63) is 82.7 Å². The van der Waals surface area contributed by atoms with E-state index < -0.39 is 35.4 Å². The van der Waals surface area contributed by atoms with Crippen LogP contribution in [-0.4, -0.2) is 41.6 Å². The number of anilines is 1. The number of carbonyl (C=O) groups is 4. The highest BCUT2D eigenvalue weighted by Crippen LogP contribution is 2.33. The number of hydrogen-bond acceptors (Lipinski definition) is 7. The molecule has 3 aromatic rings. The van der Waals surface area contributed by atoms with Crippen molar-refractivity contribution in [2.45, 2.75) is 0 Å². The number of benzene rings is 2. The minimum Gasteiger partial charge on any atom is -0.465 e. The van der Waals surface area contributed by atoms with Gasteiger partial charge in [-0.25, -0.2) is 9.18 Å². The number of amides is 3. The van der Waals surface area contributed by atoms with E-state index in [2.05, 4.69) is 10.1 Å². The fourth-order valence-electron chi connectivity index (χ4n) is 3.15. The quantitative estimate of drug-likeness (QED) is 0.408. The highest BCUT2D eigenvalue weighted by molar-refractivity contribution is 8.18. The minimum absolute atomic E-state index is 0.102. The Hall–Kier alpha value is -4.18. The predicted octanol–water partition coefficient (Wildman–Crippen LogP) is 4.55. The van der Waals surface area contributed by atoms with Crippen LogP contribution >= 0.6 is 11.8 Å². The molecule has 1 N–H and O–H groups in total. The largest absolute Gasteiger partial charge is 0.465 e. The lowest BCUT2D eigenvalue weighted by molar-refractivity contribution is -0.127. The fourth-order valence-corrected chi connectivity index (χ4v) is 3.97. The first-order chi connectivity index (χ1) is 16.3. The molecule has 172 valence electrons. The molecule has 1 aliphatic rings. The van der Waals surface area contributed by atoms with Gasteiger partial charge in [-0.1, -0.05) is 18.2 Å². The summed E-state index contributed by atoms with van der Waals surface area (Å²) in [6.07, 6.45) is 1.42. The lowest BCUT2D eigenvalue weighted by Crippen LogP contribution is -2.36. The number of ether oxygens (including phenoxy) is 1. The van der Waals surface area contributed by atoms with E-state index >= 15 is 0 Å². The van der Waals surface area contributed by atoms with Crippen molar-refractivity contribution < 1.29 is 32.7 Å². The van der Waals surface area contributed by atoms with Crippen LogP contribution in [0.25, 0.3) is 17.4 Å². The summed E-state index contributed by atoms with van der Waals surface area (Å²) in [5, 5.41) is 1.85. The molecule has 0 saturated carbocycles. The van der Waals surface area contributed by atoms with E-state index in [1.54, 1.807) is 36.4 Å². The van der Waals surface area contributed by atoms with Gasteiger partial charge in [0.25, 0.3) is 11.1 Å². The van der Waals surface area contributed by atoms with Crippen LogP contribution in [0.4, 0.5) is 14.9 Å². The van der Waals surface area contributed by atoms with Gasteiger partial charge in [-0.05, 0) is 54.2 Å². The molecular weight excluding hydrogens is 463 g/mol. The van der Waals surface area contributed by atoms with Gasteiger partial charge < -0.3 is 14.5 Å². The number of furan rings is 1. The van der Waals surface area contributed by atoms with Gasteiger partial charge in [0, 0.05) is 17.3 Å². The fraction of sp³-hybridized carbons (Fsp3) is 0.0833. The molecule has 8 nitrogen and oxygen atoms in total. The third-order valence-electron chi connectivity index (χ3n) is 4.77. The number of halogens is 1. The zero-order valence-electron chi connectivity index (χ0n) is 17.7. The van der Waals surface area contributed by atoms with E-state index in [4.69, 9.17) is 4.42 Å². The Morgan fingerprint density at radius 3 is 2.59 bits per heavy atom. The number of methoxy groups -OCH3 is 1. The topological polar surface area (TPSA) is 106 Å². The Morgan fingerprint density at radius 2 is 1.88 bits per heavy atom. The van der Waals surface area contributed by atoms with Gasteiger partial charge in [0.1, 0.15) is 23.9 Å². The van der Waals surface area contributed by atoms with Crippen molar-refractivity contribution >= 4 is 46.5 Å². The van der Waals surface area contributed by atoms with Crippen molar-refractivity contribution in [3.8, 4) is 11.3 Å². The number of carbonyl (C=O) groups excluding carboxylic acids is 4. The van der Waals surface area contributed by atoms with Gasteiger partial charge in [-0.2, -0.15) is 0 Å². The van der Waals surface area contributed by atoms with Gasteiger partial charge in [0.2, 0.25) is 5.91 Å². The average Bonchev–Trinajstić information content (AvgIpc) is 3.39. The van der Waals surface area contributed by atoms with E-state index in [-0.39, 0.29) is 10.6 Å². The molecule has 3 amide bonds. The molecule has 10 heteroatoms. The molecule has 1 aromatic heterocycles. The standard InChI is InChI=1S/C24H17FN2O6S/c1-32-23(30)15-7-5-14(6-8-15)19-10-9-18(33-19)12-20-22(29)27(24(31)34-20)13-21(28)26-17-4-2-3-16(25)11-17/h2-12H,13H2,1H3,(H,26,28)/b20-12+. The SMILES string of the molecule is COC(=O)c1ccc(-c2ccc(/C=C3/SC(=O)N(CC(=O)Nc4cccc(F)c4)C3=O)o2)cc1. The van der Waals surface area contributed by atoms with Crippen LogP contribution in [0.5, 0.6) is 0 Å². The van der Waals surface area contributed by atoms with E-state index in [1.165, 1.54) is 31.4 Å². The van der Waals surface area contributed by atoms with E-state index in [0.29, 0.717) is 34.4 Å². The molecule has 1 saturated heterocycles. The van der Waals surface area contributed by atoms with Gasteiger partial charge in [-0.15, -0.1) is 0 Å². The maximum absolute atomic E-state index is 13.3. The molecule has 0 atom stereocenters. The van der Waals surface area contributed by atoms with Crippen molar-refractivity contribution in [2.75, 3.05) is 19.0 Å². The highest BCUT2D eigenvalue weighted by Gasteiger charge is 2.36. The number of thioether (sulfide) groups is 1. The number of imide groups is 1. The zero-order valence-corrected chi connectivity index (χ0v) is 18.6. The Balaban J connectivity index is 1.43. The van der Waals surface area contributed by atoms with E-state index in [1.807, 2.05) is 0 Å². The Bertz CT molecular complexity index is 1320. The zero-order chi connectivity index (χ0) is 24.2. The molecule has 0 unspecified atom stereocenters. The van der Waals surface area contributed by atoms with Gasteiger partial charge in [0.15, 0.2) is 0 Å². The molecule has 2 heterocycles. The Morgan fingerprint density at radius 1 is 1.12 bits per heavy atom. The van der Waals surface area contributed by atoms with Crippen LogP contribution in [0.15, 0.2) is 70.0 Å². The lowest BCUT2D eigenvalue weighted by atomic mass is 10.1. The highest BCUT2D eigenvalue weighted by atomic mass is 32.2. The molecule has 34 heavy (non-hydrogen) atoms. The summed E-state index contributed by atoms with van der Waals surface area (Å²) in [5.74, 6) is -1.41. The number of nitrogens with one attached hydrogen (secondary N) is 1. The van der Waals surface area contributed by atoms with Crippen LogP contribution in [0.1, 0.15) is 16.1 Å². The van der Waals surface area contributed by atoms with Gasteiger partial charge in [0.05, 0.1) is 17.6 Å². The first-order valence-electron chi connectivity index (χ1n) is 9.93. The second kappa shape index (κ2) is 9.75. The van der Waals surface area contributed by atoms with E-state index in [9.17, 15) is 23.6 Å². The van der Waals surface area contributed by atoms with Gasteiger partial charge in [-0.3, -0.25) is 19.3 Å². The minimum atomic E-state index is -0.634. The molecule has 0 bridgehead atoms. The summed E-state index contributed by atoms with van der Waals surface area (Å²) in [5.41, 5.74) is 1.32. The van der Waals surface area contributed by atoms with Crippen LogP contribution < -0.4 is 5.32 Å². The monoisotopic (exact) mass is 480 g/mol. The molecule has 4 rings (SSSR count). The van der Waals surface area contributed by atoms with Crippen LogP contribution in [0.2, 0.25) is 0 Å². The molecule has 2 aromatic carbocycles. The predicted molar refractivity (Wildman–Crippen MR) is 123 cm³/mol. The van der Waals surface area contributed by atoms with E-state index in [0.717, 1.165) is 11.0 Å². The maximum Gasteiger partial charge on any atom is 0.337 e. The number of hydrogen-bond donors (Lipinski definition) is 1. The first-order valence-corrected chi connectivity index (χ1v) is 10.7. The molecule has 0 spiro atoms. The molecule has 1 aliphatic heterocycles. The summed E-state index contributed by atoms with van der Waals surface area (Å²) < 4.78 is 23.7. The van der Waals surface area contributed by atoms with Crippen molar-refractivity contribution in [1.82, 2.24) is 4.90 Å². The Labute approximate surface area is 197 Å². The summed E-state index contributed by atoms with van der Waals surface area (Å²) in [6.45, 7) is -0.505. The van der Waals surface area contributed by atoms with Crippen LogP contribution in [-0.2, 0) is 14.3 Å². The first kappa shape index (κ1) is 23.0. The number of esters is 1. The lowest BCUT2D eigenvalue weighted by Gasteiger charge is -2.12.